The van der Waals surface area contributed by atoms with Gasteiger partial charge in [0, 0.05) is 12.4 Å². The number of halogens is 2. The topological polar surface area (TPSA) is 17.8 Å². The first-order chi connectivity index (χ1) is 10.8. The van der Waals surface area contributed by atoms with Gasteiger partial charge in [-0.1, -0.05) is 6.07 Å². The van der Waals surface area contributed by atoms with Crippen LogP contribution in [0.5, 0.6) is 0 Å². The normalized spacial score (nSPS) is 9.36. The predicted octanol–water partition coefficient (Wildman–Crippen LogP) is 5.53. The average molecular weight is 365 g/mol. The van der Waals surface area contributed by atoms with Crippen molar-refractivity contribution in [2.24, 2.45) is 0 Å². The van der Waals surface area contributed by atoms with Crippen LogP contribution in [0.2, 0.25) is 0 Å². The van der Waals surface area contributed by atoms with E-state index < -0.39 is 17.0 Å². The van der Waals surface area contributed by atoms with Crippen LogP contribution < -0.4 is 0 Å². The van der Waals surface area contributed by atoms with Gasteiger partial charge in [-0.15, -0.1) is 41.1 Å². The molecular weight excluding hydrogens is 351 g/mol. The summed E-state index contributed by atoms with van der Waals surface area (Å²) in [6.45, 7) is 0. The van der Waals surface area contributed by atoms with E-state index in [4.69, 9.17) is 18.6 Å². The molecule has 0 aliphatic rings. The van der Waals surface area contributed by atoms with E-state index in [0.717, 1.165) is 0 Å². The van der Waals surface area contributed by atoms with E-state index in [-0.39, 0.29) is 0 Å². The molecule has 0 unspecified atom stereocenters. The van der Waals surface area contributed by atoms with Crippen molar-refractivity contribution in [2.45, 2.75) is 0 Å². The molecule has 4 aromatic rings. The van der Waals surface area contributed by atoms with Crippen LogP contribution >= 0.6 is 18.6 Å². The van der Waals surface area contributed by atoms with Crippen LogP contribution in [0.4, 0.5) is 0 Å². The van der Waals surface area contributed by atoms with E-state index in [2.05, 4.69) is 41.4 Å². The van der Waals surface area contributed by atoms with Gasteiger partial charge in [-0.05, 0) is 5.69 Å². The summed E-state index contributed by atoms with van der Waals surface area (Å²) in [5.74, 6) is 0. The van der Waals surface area contributed by atoms with E-state index in [1.54, 1.807) is 6.20 Å². The second kappa shape index (κ2) is 9.65. The minimum atomic E-state index is -0.556. The van der Waals surface area contributed by atoms with Crippen LogP contribution in [0.15, 0.2) is 85.5 Å². The number of hydrogen-bond acceptors (Lipinski definition) is 1. The van der Waals surface area contributed by atoms with Crippen molar-refractivity contribution in [1.82, 2.24) is 9.55 Å². The Morgan fingerprint density at radius 1 is 1.05 bits per heavy atom. The summed E-state index contributed by atoms with van der Waals surface area (Å²) in [7, 11) is 9.78. The zero-order valence-electron chi connectivity index (χ0n) is 11.7. The number of benzene rings is 1. The van der Waals surface area contributed by atoms with Crippen LogP contribution in [-0.4, -0.2) is 9.55 Å². The summed E-state index contributed by atoms with van der Waals surface area (Å²) in [4.78, 5) is 4.03. The first-order valence-electron chi connectivity index (χ1n) is 6.62. The van der Waals surface area contributed by atoms with Gasteiger partial charge in [-0.25, -0.2) is 17.1 Å². The summed E-state index contributed by atoms with van der Waals surface area (Å²) in [6.07, 6.45) is 5.56. The Balaban J connectivity index is 0.000000184. The minimum absolute atomic E-state index is 0.556. The standard InChI is InChI=1S/C12H9N2.C5H5.2ClH.Ti/c1-2-4-11-8-12(7-10(11)3-1)14-6-5-13-9-14;1-2-4-5-3-1;;;/h1-9H;1-5H;2*1H;/q2*-1;;;+2/p-2. The van der Waals surface area contributed by atoms with Gasteiger partial charge in [-0.2, -0.15) is 18.2 Å². The summed E-state index contributed by atoms with van der Waals surface area (Å²) >= 11 is -0.556. The Kier molecular flexibility index (Phi) is 7.48. The van der Waals surface area contributed by atoms with E-state index in [1.807, 2.05) is 47.4 Å². The largest absolute Gasteiger partial charge is 0.325 e. The number of hydrogen-bond donors (Lipinski definition) is 0. The molecule has 1 heterocycles. The molecule has 112 valence electrons. The maximum absolute atomic E-state index is 4.89. The summed E-state index contributed by atoms with van der Waals surface area (Å²) < 4.78 is 2.01. The van der Waals surface area contributed by atoms with Crippen molar-refractivity contribution in [3.05, 3.63) is 85.5 Å². The molecule has 0 aliphatic heterocycles. The van der Waals surface area contributed by atoms with E-state index in [1.165, 1.54) is 16.5 Å². The van der Waals surface area contributed by atoms with Gasteiger partial charge in [0.2, 0.25) is 0 Å². The van der Waals surface area contributed by atoms with Crippen molar-refractivity contribution in [2.75, 3.05) is 0 Å². The second-order valence-corrected chi connectivity index (χ2v) is 6.93. The number of rotatable bonds is 1. The quantitative estimate of drug-likeness (QED) is 0.321. The molecule has 0 amide bonds. The van der Waals surface area contributed by atoms with Crippen molar-refractivity contribution < 1.29 is 17.0 Å². The molecule has 0 spiro atoms. The minimum Gasteiger partial charge on any atom is -0.325 e. The molecule has 3 aromatic carbocycles. The molecule has 0 saturated carbocycles. The molecule has 0 aliphatic carbocycles. The van der Waals surface area contributed by atoms with Crippen molar-refractivity contribution in [3.8, 4) is 5.69 Å². The maximum atomic E-state index is 4.89. The monoisotopic (exact) mass is 364 g/mol. The molecule has 0 N–H and O–H groups in total. The molecule has 22 heavy (non-hydrogen) atoms. The average Bonchev–Trinajstić information content (AvgIpc) is 3.29. The Bertz CT molecular complexity index is 696. The SMILES string of the molecule is [Cl][Ti][Cl].c1cc[cH-]c1.c1ccc2[cH-]c(-n3ccnc3)cc2c1. The molecule has 0 fully saturated rings. The Morgan fingerprint density at radius 3 is 2.32 bits per heavy atom. The zero-order chi connectivity index (χ0) is 15.6. The van der Waals surface area contributed by atoms with Crippen LogP contribution in [-0.2, 0) is 17.0 Å². The molecular formula is C17H14Cl2N2Ti-2. The Hall–Kier alpha value is -1.32. The molecule has 0 radical (unpaired) electrons. The van der Waals surface area contributed by atoms with Crippen molar-refractivity contribution in [1.29, 1.82) is 0 Å². The second-order valence-electron chi connectivity index (χ2n) is 4.35. The summed E-state index contributed by atoms with van der Waals surface area (Å²) in [5, 5.41) is 2.55. The smallest absolute Gasteiger partial charge is 0.0977 e. The van der Waals surface area contributed by atoms with Crippen LogP contribution in [0.3, 0.4) is 0 Å². The van der Waals surface area contributed by atoms with Gasteiger partial charge in [0.25, 0.3) is 0 Å². The van der Waals surface area contributed by atoms with Crippen molar-refractivity contribution in [3.63, 3.8) is 0 Å². The molecule has 0 bridgehead atoms. The number of nitrogens with zero attached hydrogens (tertiary/aromatic N) is 2. The van der Waals surface area contributed by atoms with Crippen molar-refractivity contribution >= 4 is 29.4 Å². The van der Waals surface area contributed by atoms with E-state index >= 15 is 0 Å². The third-order valence-corrected chi connectivity index (χ3v) is 2.96. The third kappa shape index (κ3) is 5.15. The third-order valence-electron chi connectivity index (χ3n) is 2.96. The fraction of sp³-hybridized carbons (Fsp3) is 0. The number of aromatic nitrogens is 2. The molecule has 0 atom stereocenters. The first-order valence-corrected chi connectivity index (χ1v) is 10.9. The zero-order valence-corrected chi connectivity index (χ0v) is 14.8. The van der Waals surface area contributed by atoms with Gasteiger partial charge in [-0.3, -0.25) is 0 Å². The summed E-state index contributed by atoms with van der Waals surface area (Å²) in [6, 6.07) is 22.7. The number of imidazole rings is 1. The van der Waals surface area contributed by atoms with E-state index in [9.17, 15) is 0 Å². The Morgan fingerprint density at radius 2 is 1.77 bits per heavy atom. The molecule has 5 heteroatoms. The van der Waals surface area contributed by atoms with Crippen LogP contribution in [0, 0.1) is 0 Å². The Labute approximate surface area is 146 Å². The summed E-state index contributed by atoms with van der Waals surface area (Å²) in [5.41, 5.74) is 1.17. The first kappa shape index (κ1) is 17.0. The molecule has 0 saturated heterocycles. The fourth-order valence-electron chi connectivity index (χ4n) is 2.02. The molecule has 1 aromatic heterocycles. The van der Waals surface area contributed by atoms with Crippen LogP contribution in [0.1, 0.15) is 0 Å². The van der Waals surface area contributed by atoms with Gasteiger partial charge in [0.1, 0.15) is 0 Å². The number of fused-ring (bicyclic) bond motifs is 1. The predicted molar refractivity (Wildman–Crippen MR) is 90.4 cm³/mol. The van der Waals surface area contributed by atoms with Gasteiger partial charge in [0.05, 0.1) is 6.33 Å². The van der Waals surface area contributed by atoms with Gasteiger partial charge in [0.15, 0.2) is 0 Å². The van der Waals surface area contributed by atoms with Crippen LogP contribution in [0.25, 0.3) is 16.5 Å². The maximum Gasteiger partial charge on any atom is 0.0977 e. The van der Waals surface area contributed by atoms with E-state index in [0.29, 0.717) is 0 Å². The fourth-order valence-corrected chi connectivity index (χ4v) is 2.02. The molecule has 4 rings (SSSR count). The van der Waals surface area contributed by atoms with Gasteiger partial charge < -0.3 is 4.57 Å². The van der Waals surface area contributed by atoms with Gasteiger partial charge >= 0.3 is 35.6 Å². The molecule has 2 nitrogen and oxygen atoms in total.